The predicted octanol–water partition coefficient (Wildman–Crippen LogP) is 4.34. The lowest BCUT2D eigenvalue weighted by Crippen LogP contribution is -2.34. The van der Waals surface area contributed by atoms with Gasteiger partial charge in [0.25, 0.3) is 5.91 Å². The molecule has 1 aliphatic rings. The molecule has 0 aromatic heterocycles. The van der Waals surface area contributed by atoms with Crippen LogP contribution in [0.3, 0.4) is 0 Å². The standard InChI is InChI=1S/C20H21NO3S2/c1-12-4-3-5-16(13(12)2)17(19(23)24)21-18(22)14-6-8-15(9-7-14)20-25-10-11-26-20/h3-9,17,20H,10-11H2,1-2H3,(H,21,22)(H,23,24). The van der Waals surface area contributed by atoms with Crippen molar-refractivity contribution in [2.45, 2.75) is 24.5 Å². The lowest BCUT2D eigenvalue weighted by atomic mass is 9.97. The van der Waals surface area contributed by atoms with Gasteiger partial charge in [0.05, 0.1) is 4.58 Å². The van der Waals surface area contributed by atoms with Crippen LogP contribution >= 0.6 is 23.5 Å². The van der Waals surface area contributed by atoms with Crippen LogP contribution in [0.25, 0.3) is 0 Å². The van der Waals surface area contributed by atoms with Crippen molar-refractivity contribution in [2.24, 2.45) is 0 Å². The lowest BCUT2D eigenvalue weighted by Gasteiger charge is -2.18. The van der Waals surface area contributed by atoms with Crippen molar-refractivity contribution in [1.29, 1.82) is 0 Å². The summed E-state index contributed by atoms with van der Waals surface area (Å²) in [6.45, 7) is 3.80. The Morgan fingerprint density at radius 1 is 1.08 bits per heavy atom. The Labute approximate surface area is 161 Å². The number of carbonyl (C=O) groups excluding carboxylic acids is 1. The Hall–Kier alpha value is -1.92. The smallest absolute Gasteiger partial charge is 0.330 e. The maximum absolute atomic E-state index is 12.6. The quantitative estimate of drug-likeness (QED) is 0.799. The molecule has 1 amide bonds. The molecular formula is C20H21NO3S2. The second-order valence-corrected chi connectivity index (χ2v) is 8.95. The molecule has 0 radical (unpaired) electrons. The van der Waals surface area contributed by atoms with Crippen molar-refractivity contribution in [3.8, 4) is 0 Å². The lowest BCUT2D eigenvalue weighted by molar-refractivity contribution is -0.139. The van der Waals surface area contributed by atoms with E-state index >= 15 is 0 Å². The summed E-state index contributed by atoms with van der Waals surface area (Å²) in [6, 6.07) is 11.9. The Bertz CT molecular complexity index is 814. The summed E-state index contributed by atoms with van der Waals surface area (Å²) in [7, 11) is 0. The predicted molar refractivity (Wildman–Crippen MR) is 108 cm³/mol. The topological polar surface area (TPSA) is 66.4 Å². The van der Waals surface area contributed by atoms with Gasteiger partial charge in [0, 0.05) is 17.1 Å². The van der Waals surface area contributed by atoms with Crippen molar-refractivity contribution in [3.05, 3.63) is 70.3 Å². The number of carboxylic acids is 1. The van der Waals surface area contributed by atoms with Crippen molar-refractivity contribution in [2.75, 3.05) is 11.5 Å². The van der Waals surface area contributed by atoms with E-state index in [-0.39, 0.29) is 5.91 Å². The molecule has 1 saturated heterocycles. The Morgan fingerprint density at radius 3 is 2.35 bits per heavy atom. The fourth-order valence-electron chi connectivity index (χ4n) is 2.92. The molecule has 1 fully saturated rings. The molecule has 1 heterocycles. The van der Waals surface area contributed by atoms with Gasteiger partial charge in [-0.3, -0.25) is 4.79 Å². The molecule has 0 bridgehead atoms. The number of thioether (sulfide) groups is 2. The number of carbonyl (C=O) groups is 2. The van der Waals surface area contributed by atoms with Gasteiger partial charge in [-0.15, -0.1) is 23.5 Å². The number of aliphatic carboxylic acids is 1. The van der Waals surface area contributed by atoms with Gasteiger partial charge in [-0.05, 0) is 48.2 Å². The zero-order valence-electron chi connectivity index (χ0n) is 14.7. The van der Waals surface area contributed by atoms with Gasteiger partial charge in [-0.2, -0.15) is 0 Å². The van der Waals surface area contributed by atoms with E-state index in [4.69, 9.17) is 0 Å². The Morgan fingerprint density at radius 2 is 1.73 bits per heavy atom. The van der Waals surface area contributed by atoms with Crippen LogP contribution < -0.4 is 5.32 Å². The van der Waals surface area contributed by atoms with E-state index in [2.05, 4.69) is 5.32 Å². The van der Waals surface area contributed by atoms with Crippen LogP contribution in [0.4, 0.5) is 0 Å². The van der Waals surface area contributed by atoms with E-state index in [0.717, 1.165) is 22.6 Å². The third-order valence-electron chi connectivity index (χ3n) is 4.55. The van der Waals surface area contributed by atoms with Gasteiger partial charge in [-0.1, -0.05) is 30.3 Å². The molecule has 6 heteroatoms. The molecule has 0 saturated carbocycles. The number of hydrogen-bond acceptors (Lipinski definition) is 4. The molecule has 0 aliphatic carbocycles. The van der Waals surface area contributed by atoms with Crippen LogP contribution in [0.15, 0.2) is 42.5 Å². The molecule has 2 N–H and O–H groups in total. The fraction of sp³-hybridized carbons (Fsp3) is 0.300. The molecule has 26 heavy (non-hydrogen) atoms. The first kappa shape index (κ1) is 18.9. The van der Waals surface area contributed by atoms with Crippen LogP contribution in [-0.4, -0.2) is 28.5 Å². The van der Waals surface area contributed by atoms with Crippen molar-refractivity contribution >= 4 is 35.4 Å². The number of nitrogens with one attached hydrogen (secondary N) is 1. The summed E-state index contributed by atoms with van der Waals surface area (Å²) in [4.78, 5) is 24.3. The molecule has 136 valence electrons. The second-order valence-electron chi connectivity index (χ2n) is 6.23. The zero-order chi connectivity index (χ0) is 18.7. The average molecular weight is 388 g/mol. The fourth-order valence-corrected chi connectivity index (χ4v) is 5.78. The minimum atomic E-state index is -1.07. The highest BCUT2D eigenvalue weighted by Crippen LogP contribution is 2.45. The van der Waals surface area contributed by atoms with E-state index < -0.39 is 12.0 Å². The average Bonchev–Trinajstić information content (AvgIpc) is 3.17. The van der Waals surface area contributed by atoms with Gasteiger partial charge in [0.1, 0.15) is 0 Å². The van der Waals surface area contributed by atoms with E-state index in [1.165, 1.54) is 5.56 Å². The molecule has 1 atom stereocenters. The SMILES string of the molecule is Cc1cccc(C(NC(=O)c2ccc(C3SCCS3)cc2)C(=O)O)c1C. The summed E-state index contributed by atoms with van der Waals surface area (Å²) in [5.74, 6) is 0.848. The summed E-state index contributed by atoms with van der Waals surface area (Å²) in [5.41, 5.74) is 4.16. The second kappa shape index (κ2) is 8.18. The van der Waals surface area contributed by atoms with Crippen molar-refractivity contribution in [3.63, 3.8) is 0 Å². The highest BCUT2D eigenvalue weighted by molar-refractivity contribution is 8.19. The van der Waals surface area contributed by atoms with Crippen LogP contribution in [0, 0.1) is 13.8 Å². The van der Waals surface area contributed by atoms with Gasteiger partial charge >= 0.3 is 5.97 Å². The molecule has 1 aliphatic heterocycles. The minimum Gasteiger partial charge on any atom is -0.479 e. The number of amides is 1. The number of rotatable bonds is 5. The molecule has 2 aromatic carbocycles. The van der Waals surface area contributed by atoms with Gasteiger partial charge in [-0.25, -0.2) is 4.79 Å². The van der Waals surface area contributed by atoms with E-state index in [1.807, 2.05) is 61.6 Å². The normalized spacial score (nSPS) is 15.6. The first-order chi connectivity index (χ1) is 12.5. The van der Waals surface area contributed by atoms with E-state index in [0.29, 0.717) is 15.7 Å². The molecular weight excluding hydrogens is 366 g/mol. The first-order valence-electron chi connectivity index (χ1n) is 8.40. The minimum absolute atomic E-state index is 0.378. The number of carboxylic acid groups (broad SMARTS) is 1. The largest absolute Gasteiger partial charge is 0.479 e. The highest BCUT2D eigenvalue weighted by Gasteiger charge is 2.25. The monoisotopic (exact) mass is 387 g/mol. The maximum Gasteiger partial charge on any atom is 0.330 e. The van der Waals surface area contributed by atoms with Crippen LogP contribution in [0.2, 0.25) is 0 Å². The Balaban J connectivity index is 1.78. The molecule has 3 rings (SSSR count). The highest BCUT2D eigenvalue weighted by atomic mass is 32.2. The third kappa shape index (κ3) is 4.07. The Kier molecular flexibility index (Phi) is 5.94. The van der Waals surface area contributed by atoms with Crippen LogP contribution in [0.1, 0.15) is 43.2 Å². The van der Waals surface area contributed by atoms with E-state index in [1.54, 1.807) is 18.2 Å². The summed E-state index contributed by atoms with van der Waals surface area (Å²) in [6.07, 6.45) is 0. The first-order valence-corrected chi connectivity index (χ1v) is 10.5. The van der Waals surface area contributed by atoms with Crippen LogP contribution in [0.5, 0.6) is 0 Å². The maximum atomic E-state index is 12.6. The summed E-state index contributed by atoms with van der Waals surface area (Å²) >= 11 is 3.82. The van der Waals surface area contributed by atoms with Gasteiger partial charge in [0.15, 0.2) is 6.04 Å². The molecule has 4 nitrogen and oxygen atoms in total. The van der Waals surface area contributed by atoms with Crippen LogP contribution in [-0.2, 0) is 4.79 Å². The van der Waals surface area contributed by atoms with Crippen molar-refractivity contribution in [1.82, 2.24) is 5.32 Å². The molecule has 0 spiro atoms. The van der Waals surface area contributed by atoms with Crippen molar-refractivity contribution < 1.29 is 14.7 Å². The third-order valence-corrected chi connectivity index (χ3v) is 7.65. The van der Waals surface area contributed by atoms with E-state index in [9.17, 15) is 14.7 Å². The number of hydrogen-bond donors (Lipinski definition) is 2. The molecule has 2 aromatic rings. The van der Waals surface area contributed by atoms with Gasteiger partial charge < -0.3 is 10.4 Å². The van der Waals surface area contributed by atoms with Gasteiger partial charge in [0.2, 0.25) is 0 Å². The summed E-state index contributed by atoms with van der Waals surface area (Å²) < 4.78 is 0.425. The molecule has 1 unspecified atom stereocenters. The number of benzene rings is 2. The number of aryl methyl sites for hydroxylation is 1. The zero-order valence-corrected chi connectivity index (χ0v) is 16.3. The summed E-state index contributed by atoms with van der Waals surface area (Å²) in [5, 5.41) is 12.3.